The largest absolute Gasteiger partial charge is 0.330 e. The molecular formula is C15H24N2. The maximum absolute atomic E-state index is 5.93. The Morgan fingerprint density at radius 3 is 2.29 bits per heavy atom. The van der Waals surface area contributed by atoms with Gasteiger partial charge in [0.05, 0.1) is 0 Å². The molecule has 0 spiro atoms. The molecule has 1 heterocycles. The van der Waals surface area contributed by atoms with Gasteiger partial charge in [0.15, 0.2) is 0 Å². The summed E-state index contributed by atoms with van der Waals surface area (Å²) < 4.78 is 0. The summed E-state index contributed by atoms with van der Waals surface area (Å²) in [6, 6.07) is 10.7. The number of likely N-dealkylation sites (tertiary alicyclic amines) is 1. The van der Waals surface area contributed by atoms with E-state index in [9.17, 15) is 0 Å². The first-order valence-electron chi connectivity index (χ1n) is 6.68. The van der Waals surface area contributed by atoms with E-state index in [1.54, 1.807) is 0 Å². The van der Waals surface area contributed by atoms with Gasteiger partial charge in [0.25, 0.3) is 0 Å². The highest BCUT2D eigenvalue weighted by molar-refractivity contribution is 5.20. The predicted molar refractivity (Wildman–Crippen MR) is 73.0 cm³/mol. The van der Waals surface area contributed by atoms with Crippen LogP contribution in [0.2, 0.25) is 0 Å². The van der Waals surface area contributed by atoms with Gasteiger partial charge in [-0.1, -0.05) is 44.2 Å². The van der Waals surface area contributed by atoms with Gasteiger partial charge in [0.1, 0.15) is 0 Å². The number of benzene rings is 1. The summed E-state index contributed by atoms with van der Waals surface area (Å²) in [5.74, 6) is 2.13. The number of hydrogen-bond donors (Lipinski definition) is 1. The number of nitrogens with zero attached hydrogens (tertiary/aromatic N) is 1. The fraction of sp³-hybridized carbons (Fsp3) is 0.600. The van der Waals surface area contributed by atoms with Crippen LogP contribution in [0.25, 0.3) is 0 Å². The molecule has 2 nitrogen and oxygen atoms in total. The van der Waals surface area contributed by atoms with Gasteiger partial charge >= 0.3 is 0 Å². The molecule has 1 aromatic rings. The van der Waals surface area contributed by atoms with E-state index in [2.05, 4.69) is 49.1 Å². The Hall–Kier alpha value is -0.860. The van der Waals surface area contributed by atoms with Crippen molar-refractivity contribution in [3.63, 3.8) is 0 Å². The van der Waals surface area contributed by atoms with E-state index in [-0.39, 0.29) is 0 Å². The summed E-state index contributed by atoms with van der Waals surface area (Å²) in [6.07, 6.45) is 0. The van der Waals surface area contributed by atoms with Crippen molar-refractivity contribution in [2.45, 2.75) is 19.8 Å². The summed E-state index contributed by atoms with van der Waals surface area (Å²) in [5, 5.41) is 0. The van der Waals surface area contributed by atoms with E-state index in [1.807, 2.05) is 0 Å². The van der Waals surface area contributed by atoms with Crippen molar-refractivity contribution >= 4 is 0 Å². The van der Waals surface area contributed by atoms with Crippen LogP contribution in [0.1, 0.15) is 25.3 Å². The Morgan fingerprint density at radius 2 is 1.76 bits per heavy atom. The Kier molecular flexibility index (Phi) is 4.19. The molecule has 1 aromatic carbocycles. The van der Waals surface area contributed by atoms with Crippen LogP contribution in [0.3, 0.4) is 0 Å². The molecule has 0 amide bonds. The SMILES string of the molecule is CC1CN(CC(CN)c2ccccc2)CC1C. The summed E-state index contributed by atoms with van der Waals surface area (Å²) in [5.41, 5.74) is 7.30. The Bertz CT molecular complexity index is 326. The van der Waals surface area contributed by atoms with Crippen molar-refractivity contribution in [2.75, 3.05) is 26.2 Å². The van der Waals surface area contributed by atoms with Crippen LogP contribution in [0.15, 0.2) is 30.3 Å². The molecule has 0 bridgehead atoms. The van der Waals surface area contributed by atoms with Gasteiger partial charge in [-0.15, -0.1) is 0 Å². The fourth-order valence-corrected chi connectivity index (χ4v) is 2.75. The second-order valence-electron chi connectivity index (χ2n) is 5.52. The zero-order valence-corrected chi connectivity index (χ0v) is 11.0. The third-order valence-corrected chi connectivity index (χ3v) is 4.10. The van der Waals surface area contributed by atoms with Crippen LogP contribution in [-0.4, -0.2) is 31.1 Å². The third-order valence-electron chi connectivity index (χ3n) is 4.10. The lowest BCUT2D eigenvalue weighted by molar-refractivity contribution is 0.302. The van der Waals surface area contributed by atoms with E-state index in [1.165, 1.54) is 18.7 Å². The Morgan fingerprint density at radius 1 is 1.18 bits per heavy atom. The minimum atomic E-state index is 0.480. The minimum Gasteiger partial charge on any atom is -0.330 e. The number of nitrogens with two attached hydrogens (primary N) is 1. The third kappa shape index (κ3) is 3.08. The van der Waals surface area contributed by atoms with E-state index < -0.39 is 0 Å². The maximum atomic E-state index is 5.93. The van der Waals surface area contributed by atoms with Crippen molar-refractivity contribution in [3.8, 4) is 0 Å². The molecule has 0 saturated carbocycles. The van der Waals surface area contributed by atoms with Crippen molar-refractivity contribution in [1.82, 2.24) is 4.90 Å². The molecule has 3 atom stereocenters. The monoisotopic (exact) mass is 232 g/mol. The summed E-state index contributed by atoms with van der Waals surface area (Å²) >= 11 is 0. The first-order valence-corrected chi connectivity index (χ1v) is 6.68. The van der Waals surface area contributed by atoms with Gasteiger partial charge in [0.2, 0.25) is 0 Å². The molecule has 17 heavy (non-hydrogen) atoms. The summed E-state index contributed by atoms with van der Waals surface area (Å²) in [4.78, 5) is 2.57. The van der Waals surface area contributed by atoms with Gasteiger partial charge < -0.3 is 10.6 Å². The second kappa shape index (κ2) is 5.65. The lowest BCUT2D eigenvalue weighted by Crippen LogP contribution is -2.30. The van der Waals surface area contributed by atoms with Gasteiger partial charge in [-0.2, -0.15) is 0 Å². The molecule has 0 aromatic heterocycles. The molecule has 1 saturated heterocycles. The van der Waals surface area contributed by atoms with Crippen LogP contribution in [-0.2, 0) is 0 Å². The van der Waals surface area contributed by atoms with Crippen LogP contribution < -0.4 is 5.73 Å². The van der Waals surface area contributed by atoms with E-state index >= 15 is 0 Å². The standard InChI is InChI=1S/C15H24N2/c1-12-9-17(10-13(12)2)11-15(8-16)14-6-4-3-5-7-14/h3-7,12-13,15H,8-11,16H2,1-2H3. The van der Waals surface area contributed by atoms with E-state index in [0.717, 1.165) is 24.9 Å². The highest BCUT2D eigenvalue weighted by Gasteiger charge is 2.27. The molecule has 2 heteroatoms. The van der Waals surface area contributed by atoms with Crippen molar-refractivity contribution in [2.24, 2.45) is 17.6 Å². The predicted octanol–water partition coefficient (Wildman–Crippen LogP) is 2.32. The Balaban J connectivity index is 1.97. The topological polar surface area (TPSA) is 29.3 Å². The molecule has 1 fully saturated rings. The maximum Gasteiger partial charge on any atom is 0.00888 e. The molecule has 0 radical (unpaired) electrons. The first-order chi connectivity index (χ1) is 8.20. The molecule has 94 valence electrons. The molecule has 0 aliphatic carbocycles. The van der Waals surface area contributed by atoms with Crippen LogP contribution >= 0.6 is 0 Å². The van der Waals surface area contributed by atoms with Gasteiger partial charge in [-0.3, -0.25) is 0 Å². The van der Waals surface area contributed by atoms with Crippen molar-refractivity contribution < 1.29 is 0 Å². The van der Waals surface area contributed by atoms with E-state index in [4.69, 9.17) is 5.73 Å². The van der Waals surface area contributed by atoms with Gasteiger partial charge in [-0.05, 0) is 17.4 Å². The smallest absolute Gasteiger partial charge is 0.00888 e. The van der Waals surface area contributed by atoms with Gasteiger partial charge in [-0.25, -0.2) is 0 Å². The summed E-state index contributed by atoms with van der Waals surface area (Å²) in [7, 11) is 0. The fourth-order valence-electron chi connectivity index (χ4n) is 2.75. The van der Waals surface area contributed by atoms with Crippen molar-refractivity contribution in [3.05, 3.63) is 35.9 Å². The zero-order valence-electron chi connectivity index (χ0n) is 11.0. The van der Waals surface area contributed by atoms with Gasteiger partial charge in [0, 0.05) is 32.1 Å². The molecular weight excluding hydrogens is 208 g/mol. The second-order valence-corrected chi connectivity index (χ2v) is 5.52. The van der Waals surface area contributed by atoms with Crippen molar-refractivity contribution in [1.29, 1.82) is 0 Å². The molecule has 1 aliphatic rings. The molecule has 2 N–H and O–H groups in total. The number of rotatable bonds is 4. The van der Waals surface area contributed by atoms with Crippen LogP contribution in [0.5, 0.6) is 0 Å². The average Bonchev–Trinajstić information content (AvgIpc) is 2.67. The van der Waals surface area contributed by atoms with Crippen LogP contribution in [0.4, 0.5) is 0 Å². The summed E-state index contributed by atoms with van der Waals surface area (Å²) in [6.45, 7) is 9.00. The molecule has 1 aliphatic heterocycles. The quantitative estimate of drug-likeness (QED) is 0.863. The molecule has 2 rings (SSSR count). The first kappa shape index (κ1) is 12.6. The lowest BCUT2D eigenvalue weighted by atomic mass is 9.99. The number of hydrogen-bond acceptors (Lipinski definition) is 2. The van der Waals surface area contributed by atoms with Crippen LogP contribution in [0, 0.1) is 11.8 Å². The normalized spacial score (nSPS) is 27.2. The lowest BCUT2D eigenvalue weighted by Gasteiger charge is -2.23. The average molecular weight is 232 g/mol. The van der Waals surface area contributed by atoms with E-state index in [0.29, 0.717) is 5.92 Å². The zero-order chi connectivity index (χ0) is 12.3. The molecule has 3 unspecified atom stereocenters. The Labute approximate surface area is 105 Å². The minimum absolute atomic E-state index is 0.480. The highest BCUT2D eigenvalue weighted by Crippen LogP contribution is 2.25. The highest BCUT2D eigenvalue weighted by atomic mass is 15.2.